The molecular weight excluding hydrogens is 252 g/mol. The molecule has 0 unspecified atom stereocenters. The molecule has 1 N–H and O–H groups in total. The second kappa shape index (κ2) is 7.28. The van der Waals surface area contributed by atoms with E-state index in [1.54, 1.807) is 0 Å². The van der Waals surface area contributed by atoms with Gasteiger partial charge in [0, 0.05) is 31.9 Å². The summed E-state index contributed by atoms with van der Waals surface area (Å²) in [7, 11) is 0. The Morgan fingerprint density at radius 2 is 2.10 bits per heavy atom. The summed E-state index contributed by atoms with van der Waals surface area (Å²) in [5.74, 6) is 0.790. The van der Waals surface area contributed by atoms with E-state index >= 15 is 0 Å². The predicted molar refractivity (Wildman–Crippen MR) is 77.4 cm³/mol. The number of benzene rings is 1. The maximum atomic E-state index is 8.60. The highest BCUT2D eigenvalue weighted by Gasteiger charge is 2.26. The lowest BCUT2D eigenvalue weighted by Gasteiger charge is -2.33. The fourth-order valence-electron chi connectivity index (χ4n) is 2.44. The number of ether oxygens (including phenoxy) is 2. The van der Waals surface area contributed by atoms with Crippen LogP contribution in [0.5, 0.6) is 5.75 Å². The van der Waals surface area contributed by atoms with Crippen LogP contribution in [0.2, 0.25) is 0 Å². The van der Waals surface area contributed by atoms with E-state index in [4.69, 9.17) is 14.7 Å². The van der Waals surface area contributed by atoms with Gasteiger partial charge in [0.15, 0.2) is 6.61 Å². The molecule has 0 aromatic heterocycles. The Hall–Kier alpha value is -1.57. The van der Waals surface area contributed by atoms with Gasteiger partial charge >= 0.3 is 0 Å². The van der Waals surface area contributed by atoms with E-state index in [0.717, 1.165) is 50.5 Å². The third kappa shape index (κ3) is 4.22. The second-order valence-electron chi connectivity index (χ2n) is 5.58. The Morgan fingerprint density at radius 3 is 2.85 bits per heavy atom. The van der Waals surface area contributed by atoms with Crippen LogP contribution in [0.3, 0.4) is 0 Å². The fourth-order valence-corrected chi connectivity index (χ4v) is 2.44. The van der Waals surface area contributed by atoms with E-state index < -0.39 is 0 Å². The van der Waals surface area contributed by atoms with Crippen LogP contribution in [0.15, 0.2) is 24.3 Å². The average Bonchev–Trinajstić information content (AvgIpc) is 2.47. The maximum Gasteiger partial charge on any atom is 0.174 e. The maximum absolute atomic E-state index is 8.60. The van der Waals surface area contributed by atoms with Gasteiger partial charge in [0.1, 0.15) is 11.8 Å². The number of para-hydroxylation sites is 1. The van der Waals surface area contributed by atoms with Gasteiger partial charge in [-0.2, -0.15) is 5.26 Å². The molecule has 0 saturated carbocycles. The summed E-state index contributed by atoms with van der Waals surface area (Å²) in [6, 6.07) is 9.86. The Labute approximate surface area is 120 Å². The van der Waals surface area contributed by atoms with Gasteiger partial charge < -0.3 is 14.8 Å². The van der Waals surface area contributed by atoms with Gasteiger partial charge in [-0.25, -0.2) is 0 Å². The van der Waals surface area contributed by atoms with Crippen LogP contribution in [0.25, 0.3) is 0 Å². The van der Waals surface area contributed by atoms with E-state index in [1.807, 2.05) is 30.3 Å². The molecular formula is C16H22N2O2. The minimum absolute atomic E-state index is 0.0894. The molecule has 0 spiro atoms. The van der Waals surface area contributed by atoms with Crippen molar-refractivity contribution in [3.8, 4) is 11.8 Å². The van der Waals surface area contributed by atoms with Crippen molar-refractivity contribution in [2.45, 2.75) is 26.3 Å². The summed E-state index contributed by atoms with van der Waals surface area (Å²) in [5.41, 5.74) is 1.42. The summed E-state index contributed by atoms with van der Waals surface area (Å²) in [5, 5.41) is 12.1. The molecule has 2 rings (SSSR count). The Kier molecular flexibility index (Phi) is 5.40. The fraction of sp³-hybridized carbons (Fsp3) is 0.562. The molecule has 20 heavy (non-hydrogen) atoms. The molecule has 0 atom stereocenters. The van der Waals surface area contributed by atoms with Crippen molar-refractivity contribution in [1.82, 2.24) is 5.32 Å². The van der Waals surface area contributed by atoms with Crippen molar-refractivity contribution >= 4 is 0 Å². The third-order valence-electron chi connectivity index (χ3n) is 3.83. The number of hydrogen-bond acceptors (Lipinski definition) is 4. The van der Waals surface area contributed by atoms with Gasteiger partial charge in [-0.1, -0.05) is 25.1 Å². The van der Waals surface area contributed by atoms with Crippen LogP contribution >= 0.6 is 0 Å². The molecule has 1 fully saturated rings. The highest BCUT2D eigenvalue weighted by Crippen LogP contribution is 2.29. The van der Waals surface area contributed by atoms with E-state index in [-0.39, 0.29) is 6.61 Å². The molecule has 4 nitrogen and oxygen atoms in total. The van der Waals surface area contributed by atoms with E-state index in [9.17, 15) is 0 Å². The summed E-state index contributed by atoms with van der Waals surface area (Å²) in [6.07, 6.45) is 2.21. The molecule has 1 aromatic carbocycles. The topological polar surface area (TPSA) is 54.3 Å². The van der Waals surface area contributed by atoms with E-state index in [0.29, 0.717) is 5.41 Å². The van der Waals surface area contributed by atoms with Gasteiger partial charge in [-0.05, 0) is 24.3 Å². The Morgan fingerprint density at radius 1 is 1.35 bits per heavy atom. The van der Waals surface area contributed by atoms with Crippen LogP contribution in [0, 0.1) is 16.7 Å². The van der Waals surface area contributed by atoms with Crippen LogP contribution < -0.4 is 10.1 Å². The van der Waals surface area contributed by atoms with E-state index in [2.05, 4.69) is 12.2 Å². The molecule has 0 bridgehead atoms. The first-order valence-electron chi connectivity index (χ1n) is 7.10. The lowest BCUT2D eigenvalue weighted by Crippen LogP contribution is -2.36. The van der Waals surface area contributed by atoms with Gasteiger partial charge in [0.25, 0.3) is 0 Å². The summed E-state index contributed by atoms with van der Waals surface area (Å²) in [4.78, 5) is 0. The predicted octanol–water partition coefficient (Wildman–Crippen LogP) is 2.50. The van der Waals surface area contributed by atoms with Crippen molar-refractivity contribution in [1.29, 1.82) is 5.26 Å². The monoisotopic (exact) mass is 274 g/mol. The number of nitrogens with zero attached hydrogens (tertiary/aromatic N) is 1. The SMILES string of the molecule is CC1(CNCc2ccccc2OCC#N)CCOCC1. The first-order valence-corrected chi connectivity index (χ1v) is 7.10. The Balaban J connectivity index is 1.86. The van der Waals surface area contributed by atoms with Gasteiger partial charge in [0.2, 0.25) is 0 Å². The van der Waals surface area contributed by atoms with Crippen LogP contribution in [0.1, 0.15) is 25.3 Å². The summed E-state index contributed by atoms with van der Waals surface area (Å²) >= 11 is 0. The third-order valence-corrected chi connectivity index (χ3v) is 3.83. The largest absolute Gasteiger partial charge is 0.478 e. The van der Waals surface area contributed by atoms with Crippen molar-refractivity contribution in [3.05, 3.63) is 29.8 Å². The normalized spacial score (nSPS) is 17.4. The highest BCUT2D eigenvalue weighted by atomic mass is 16.5. The molecule has 108 valence electrons. The first kappa shape index (κ1) is 14.8. The molecule has 0 radical (unpaired) electrons. The minimum atomic E-state index is 0.0894. The molecule has 1 aromatic rings. The number of hydrogen-bond donors (Lipinski definition) is 1. The van der Waals surface area contributed by atoms with Crippen LogP contribution in [0.4, 0.5) is 0 Å². The second-order valence-corrected chi connectivity index (χ2v) is 5.58. The average molecular weight is 274 g/mol. The lowest BCUT2D eigenvalue weighted by molar-refractivity contribution is 0.0240. The minimum Gasteiger partial charge on any atom is -0.478 e. The molecule has 0 aliphatic carbocycles. The molecule has 1 aliphatic heterocycles. The number of nitriles is 1. The lowest BCUT2D eigenvalue weighted by atomic mass is 9.82. The Bertz CT molecular complexity index is 462. The van der Waals surface area contributed by atoms with Crippen molar-refractivity contribution in [2.75, 3.05) is 26.4 Å². The molecule has 1 heterocycles. The molecule has 1 saturated heterocycles. The van der Waals surface area contributed by atoms with Crippen molar-refractivity contribution < 1.29 is 9.47 Å². The van der Waals surface area contributed by atoms with Gasteiger partial charge in [-0.3, -0.25) is 0 Å². The standard InChI is InChI=1S/C16H22N2O2/c1-16(6-9-19-10-7-16)13-18-12-14-4-2-3-5-15(14)20-11-8-17/h2-5,18H,6-7,9-13H2,1H3. The zero-order valence-corrected chi connectivity index (χ0v) is 12.0. The van der Waals surface area contributed by atoms with Crippen LogP contribution in [-0.2, 0) is 11.3 Å². The molecule has 1 aliphatic rings. The number of rotatable bonds is 6. The highest BCUT2D eigenvalue weighted by molar-refractivity contribution is 5.33. The van der Waals surface area contributed by atoms with Crippen molar-refractivity contribution in [3.63, 3.8) is 0 Å². The zero-order valence-electron chi connectivity index (χ0n) is 12.0. The zero-order chi connectivity index (χ0) is 14.3. The van der Waals surface area contributed by atoms with Gasteiger partial charge in [-0.15, -0.1) is 0 Å². The quantitative estimate of drug-likeness (QED) is 0.866. The molecule has 4 heteroatoms. The first-order chi connectivity index (χ1) is 9.73. The summed E-state index contributed by atoms with van der Waals surface area (Å²) in [6.45, 7) is 5.85. The number of nitrogens with one attached hydrogen (secondary N) is 1. The smallest absolute Gasteiger partial charge is 0.174 e. The molecule has 0 amide bonds. The van der Waals surface area contributed by atoms with Crippen molar-refractivity contribution in [2.24, 2.45) is 5.41 Å². The summed E-state index contributed by atoms with van der Waals surface area (Å²) < 4.78 is 10.8. The van der Waals surface area contributed by atoms with Crippen LogP contribution in [-0.4, -0.2) is 26.4 Å². The van der Waals surface area contributed by atoms with Gasteiger partial charge in [0.05, 0.1) is 0 Å². The van der Waals surface area contributed by atoms with E-state index in [1.165, 1.54) is 0 Å².